The van der Waals surface area contributed by atoms with E-state index in [4.69, 9.17) is 9.72 Å². The second-order valence-corrected chi connectivity index (χ2v) is 7.87. The number of fused-ring (bicyclic) bond motifs is 2. The standard InChI is InChI=1S/C23H20N6O2/c1-31-15-7-9-18-19(12-15)27-22(26-18)21-16-8-6-14(16)13-28(21)23(30)17-4-2-3-5-20(17)29-24-10-11-25-29/h2-12,14,16,21H,13H2,1H3,(H,26,27)/t14-,16-,21-/m0/s1. The lowest BCUT2D eigenvalue weighted by Gasteiger charge is -2.27. The third-order valence-electron chi connectivity index (χ3n) is 6.20. The summed E-state index contributed by atoms with van der Waals surface area (Å²) in [6.45, 7) is 0.659. The van der Waals surface area contributed by atoms with Gasteiger partial charge in [0.2, 0.25) is 0 Å². The van der Waals surface area contributed by atoms with E-state index in [1.807, 2.05) is 47.4 Å². The van der Waals surface area contributed by atoms with Crippen LogP contribution in [0.1, 0.15) is 22.2 Å². The predicted molar refractivity (Wildman–Crippen MR) is 114 cm³/mol. The second-order valence-electron chi connectivity index (χ2n) is 7.87. The molecule has 1 aliphatic carbocycles. The Morgan fingerprint density at radius 2 is 1.97 bits per heavy atom. The first-order valence-corrected chi connectivity index (χ1v) is 10.2. The molecule has 0 saturated carbocycles. The quantitative estimate of drug-likeness (QED) is 0.520. The number of ether oxygens (including phenoxy) is 1. The van der Waals surface area contributed by atoms with Crippen molar-refractivity contribution in [2.45, 2.75) is 6.04 Å². The zero-order chi connectivity index (χ0) is 20.9. The van der Waals surface area contributed by atoms with E-state index in [1.165, 1.54) is 4.80 Å². The number of amides is 1. The van der Waals surface area contributed by atoms with Crippen LogP contribution in [0, 0.1) is 11.8 Å². The molecule has 3 atom stereocenters. The fraction of sp³-hybridized carbons (Fsp3) is 0.217. The number of likely N-dealkylation sites (tertiary alicyclic amines) is 1. The molecule has 1 saturated heterocycles. The lowest BCUT2D eigenvalue weighted by atomic mass is 9.81. The number of carbonyl (C=O) groups excluding carboxylic acids is 1. The molecule has 1 fully saturated rings. The largest absolute Gasteiger partial charge is 0.497 e. The van der Waals surface area contributed by atoms with Crippen LogP contribution in [0.3, 0.4) is 0 Å². The Morgan fingerprint density at radius 1 is 1.13 bits per heavy atom. The van der Waals surface area contributed by atoms with Crippen molar-refractivity contribution in [2.24, 2.45) is 11.8 Å². The molecule has 2 aromatic carbocycles. The van der Waals surface area contributed by atoms with Crippen molar-refractivity contribution < 1.29 is 9.53 Å². The number of aromatic amines is 1. The molecule has 31 heavy (non-hydrogen) atoms. The Balaban J connectivity index is 1.41. The number of hydrogen-bond acceptors (Lipinski definition) is 5. The number of carbonyl (C=O) groups is 1. The van der Waals surface area contributed by atoms with Gasteiger partial charge in [0.05, 0.1) is 47.8 Å². The van der Waals surface area contributed by atoms with E-state index in [9.17, 15) is 4.79 Å². The number of nitrogens with one attached hydrogen (secondary N) is 1. The number of nitrogens with zero attached hydrogens (tertiary/aromatic N) is 5. The zero-order valence-corrected chi connectivity index (χ0v) is 16.8. The highest BCUT2D eigenvalue weighted by Crippen LogP contribution is 2.47. The SMILES string of the molecule is COc1ccc2nc([C@@H]3[C@H]4C=C[C@H]4CN3C(=O)c3ccccc3-n3nccn3)[nH]c2c1. The molecule has 0 radical (unpaired) electrons. The third kappa shape index (κ3) is 2.75. The van der Waals surface area contributed by atoms with Gasteiger partial charge in [-0.15, -0.1) is 0 Å². The number of hydrogen-bond donors (Lipinski definition) is 1. The van der Waals surface area contributed by atoms with E-state index >= 15 is 0 Å². The summed E-state index contributed by atoms with van der Waals surface area (Å²) in [7, 11) is 1.64. The van der Waals surface area contributed by atoms with Crippen molar-refractivity contribution >= 4 is 16.9 Å². The maximum atomic E-state index is 13.7. The third-order valence-corrected chi connectivity index (χ3v) is 6.20. The van der Waals surface area contributed by atoms with E-state index in [1.54, 1.807) is 19.5 Å². The van der Waals surface area contributed by atoms with Gasteiger partial charge < -0.3 is 14.6 Å². The Bertz CT molecular complexity index is 1310. The van der Waals surface area contributed by atoms with E-state index < -0.39 is 0 Å². The maximum Gasteiger partial charge on any atom is 0.256 e. The summed E-state index contributed by atoms with van der Waals surface area (Å²) >= 11 is 0. The number of benzene rings is 2. The molecule has 3 heterocycles. The number of methoxy groups -OCH3 is 1. The van der Waals surface area contributed by atoms with E-state index in [-0.39, 0.29) is 17.9 Å². The molecular weight excluding hydrogens is 392 g/mol. The predicted octanol–water partition coefficient (Wildman–Crippen LogP) is 3.15. The topological polar surface area (TPSA) is 88.9 Å². The molecule has 0 spiro atoms. The molecule has 8 heteroatoms. The van der Waals surface area contributed by atoms with Crippen LogP contribution in [0.15, 0.2) is 67.0 Å². The monoisotopic (exact) mass is 412 g/mol. The summed E-state index contributed by atoms with van der Waals surface area (Å²) in [5, 5.41) is 8.43. The summed E-state index contributed by atoms with van der Waals surface area (Å²) < 4.78 is 5.33. The van der Waals surface area contributed by atoms with E-state index in [0.29, 0.717) is 23.7 Å². The molecule has 2 aromatic heterocycles. The summed E-state index contributed by atoms with van der Waals surface area (Å²) in [6.07, 6.45) is 7.56. The molecule has 8 nitrogen and oxygen atoms in total. The van der Waals surface area contributed by atoms with Crippen LogP contribution in [0.4, 0.5) is 0 Å². The lowest BCUT2D eigenvalue weighted by Crippen LogP contribution is -2.33. The lowest BCUT2D eigenvalue weighted by molar-refractivity contribution is 0.0719. The van der Waals surface area contributed by atoms with Gasteiger partial charge in [0, 0.05) is 24.4 Å². The van der Waals surface area contributed by atoms with Crippen molar-refractivity contribution in [3.05, 3.63) is 78.4 Å². The molecule has 1 N–H and O–H groups in total. The molecular formula is C23H20N6O2. The molecule has 6 rings (SSSR count). The van der Waals surface area contributed by atoms with Crippen LogP contribution in [0.25, 0.3) is 16.7 Å². The highest BCUT2D eigenvalue weighted by molar-refractivity contribution is 5.98. The van der Waals surface area contributed by atoms with Gasteiger partial charge in [0.25, 0.3) is 5.91 Å². The first-order valence-electron chi connectivity index (χ1n) is 10.2. The fourth-order valence-electron chi connectivity index (χ4n) is 4.61. The summed E-state index contributed by atoms with van der Waals surface area (Å²) in [5.74, 6) is 2.10. The van der Waals surface area contributed by atoms with Gasteiger partial charge in [0.1, 0.15) is 11.6 Å². The molecule has 0 bridgehead atoms. The van der Waals surface area contributed by atoms with E-state index in [2.05, 4.69) is 27.3 Å². The number of rotatable bonds is 4. The van der Waals surface area contributed by atoms with Crippen molar-refractivity contribution in [1.82, 2.24) is 29.9 Å². The first-order chi connectivity index (χ1) is 15.2. The zero-order valence-electron chi connectivity index (χ0n) is 16.8. The summed E-state index contributed by atoms with van der Waals surface area (Å²) in [6, 6.07) is 13.0. The van der Waals surface area contributed by atoms with Crippen molar-refractivity contribution in [2.75, 3.05) is 13.7 Å². The van der Waals surface area contributed by atoms with Gasteiger partial charge in [-0.2, -0.15) is 15.0 Å². The van der Waals surface area contributed by atoms with E-state index in [0.717, 1.165) is 22.6 Å². The van der Waals surface area contributed by atoms with Crippen LogP contribution in [-0.2, 0) is 0 Å². The highest BCUT2D eigenvalue weighted by Gasteiger charge is 2.47. The van der Waals surface area contributed by atoms with Crippen molar-refractivity contribution in [3.8, 4) is 11.4 Å². The molecule has 154 valence electrons. The molecule has 4 aromatic rings. The number of imidazole rings is 1. The smallest absolute Gasteiger partial charge is 0.256 e. The molecule has 2 aliphatic rings. The van der Waals surface area contributed by atoms with Gasteiger partial charge in [-0.1, -0.05) is 24.3 Å². The van der Waals surface area contributed by atoms with Crippen molar-refractivity contribution in [3.63, 3.8) is 0 Å². The maximum absolute atomic E-state index is 13.7. The highest BCUT2D eigenvalue weighted by atomic mass is 16.5. The molecule has 1 amide bonds. The minimum Gasteiger partial charge on any atom is -0.497 e. The molecule has 0 unspecified atom stereocenters. The van der Waals surface area contributed by atoms with Gasteiger partial charge in [-0.3, -0.25) is 4.79 Å². The summed E-state index contributed by atoms with van der Waals surface area (Å²) in [5.41, 5.74) is 2.99. The van der Waals surface area contributed by atoms with Crippen LogP contribution in [0.2, 0.25) is 0 Å². The average Bonchev–Trinajstić information content (AvgIpc) is 3.51. The van der Waals surface area contributed by atoms with Gasteiger partial charge >= 0.3 is 0 Å². The number of para-hydroxylation sites is 1. The second kappa shape index (κ2) is 6.80. The minimum absolute atomic E-state index is 0.0489. The number of H-pyrrole nitrogens is 1. The van der Waals surface area contributed by atoms with Gasteiger partial charge in [-0.05, 0) is 24.3 Å². The first kappa shape index (κ1) is 17.9. The van der Waals surface area contributed by atoms with Gasteiger partial charge in [-0.25, -0.2) is 4.98 Å². The minimum atomic E-state index is -0.153. The average molecular weight is 412 g/mol. The number of aromatic nitrogens is 5. The summed E-state index contributed by atoms with van der Waals surface area (Å²) in [4.78, 5) is 25.4. The Labute approximate surface area is 178 Å². The van der Waals surface area contributed by atoms with Crippen LogP contribution in [0.5, 0.6) is 5.75 Å². The molecule has 1 aliphatic heterocycles. The fourth-order valence-corrected chi connectivity index (χ4v) is 4.61. The van der Waals surface area contributed by atoms with Gasteiger partial charge in [0.15, 0.2) is 0 Å². The Kier molecular flexibility index (Phi) is 3.92. The Morgan fingerprint density at radius 3 is 2.74 bits per heavy atom. The van der Waals surface area contributed by atoms with Crippen LogP contribution in [-0.4, -0.2) is 49.4 Å². The van der Waals surface area contributed by atoms with Crippen LogP contribution >= 0.6 is 0 Å². The normalized spacial score (nSPS) is 21.8. The van der Waals surface area contributed by atoms with Crippen LogP contribution < -0.4 is 4.74 Å². The Hall–Kier alpha value is -3.94. The van der Waals surface area contributed by atoms with Crippen molar-refractivity contribution in [1.29, 1.82) is 0 Å².